The van der Waals surface area contributed by atoms with Crippen LogP contribution in [0, 0.1) is 11.6 Å². The van der Waals surface area contributed by atoms with Crippen molar-refractivity contribution in [1.82, 2.24) is 0 Å². The minimum atomic E-state index is -3.97. The van der Waals surface area contributed by atoms with E-state index in [2.05, 4.69) is 5.32 Å². The Morgan fingerprint density at radius 1 is 1.03 bits per heavy atom. The first-order valence-corrected chi connectivity index (χ1v) is 10.8. The van der Waals surface area contributed by atoms with E-state index in [1.807, 2.05) is 12.1 Å². The van der Waals surface area contributed by atoms with Crippen LogP contribution in [0.5, 0.6) is 5.75 Å². The van der Waals surface area contributed by atoms with Gasteiger partial charge in [0.2, 0.25) is 0 Å². The number of ether oxygens (including phenoxy) is 1. The zero-order valence-corrected chi connectivity index (χ0v) is 17.2. The molecule has 0 saturated carbocycles. The van der Waals surface area contributed by atoms with Crippen molar-refractivity contribution in [2.45, 2.75) is 11.3 Å². The van der Waals surface area contributed by atoms with Crippen LogP contribution in [-0.2, 0) is 16.4 Å². The monoisotopic (exact) mass is 444 g/mol. The van der Waals surface area contributed by atoms with Gasteiger partial charge in [-0.05, 0) is 48.4 Å². The van der Waals surface area contributed by atoms with Crippen molar-refractivity contribution < 1.29 is 26.7 Å². The molecule has 3 aromatic carbocycles. The van der Waals surface area contributed by atoms with E-state index in [0.29, 0.717) is 12.1 Å². The molecule has 1 aliphatic rings. The number of fused-ring (bicyclic) bond motifs is 1. The molecular formula is C22H18F2N2O4S. The Kier molecular flexibility index (Phi) is 5.36. The van der Waals surface area contributed by atoms with Crippen LogP contribution in [0.2, 0.25) is 0 Å². The molecule has 3 aromatic rings. The predicted molar refractivity (Wildman–Crippen MR) is 112 cm³/mol. The average Bonchev–Trinajstić information content (AvgIpc) is 3.21. The summed E-state index contributed by atoms with van der Waals surface area (Å²) in [5, 5.41) is 2.16. The second-order valence-electron chi connectivity index (χ2n) is 6.87. The number of amides is 1. The molecule has 0 saturated heterocycles. The lowest BCUT2D eigenvalue weighted by atomic mass is 10.1. The molecule has 4 rings (SSSR count). The van der Waals surface area contributed by atoms with Gasteiger partial charge < -0.3 is 10.1 Å². The topological polar surface area (TPSA) is 75.7 Å². The van der Waals surface area contributed by atoms with Gasteiger partial charge in [0.05, 0.1) is 23.3 Å². The van der Waals surface area contributed by atoms with Crippen LogP contribution in [0.3, 0.4) is 0 Å². The smallest absolute Gasteiger partial charge is 0.264 e. The maximum Gasteiger partial charge on any atom is 0.264 e. The number of sulfonamides is 1. The lowest BCUT2D eigenvalue weighted by molar-refractivity contribution is 0.102. The number of hydrogen-bond donors (Lipinski definition) is 1. The lowest BCUT2D eigenvalue weighted by Crippen LogP contribution is -2.29. The lowest BCUT2D eigenvalue weighted by Gasteiger charge is -2.20. The quantitative estimate of drug-likeness (QED) is 0.646. The van der Waals surface area contributed by atoms with Gasteiger partial charge in [-0.2, -0.15) is 0 Å². The molecule has 1 heterocycles. The molecule has 0 aromatic heterocycles. The van der Waals surface area contributed by atoms with E-state index in [4.69, 9.17) is 4.74 Å². The third kappa shape index (κ3) is 3.72. The molecule has 1 amide bonds. The summed E-state index contributed by atoms with van der Waals surface area (Å²) < 4.78 is 60.8. The van der Waals surface area contributed by atoms with E-state index in [9.17, 15) is 22.0 Å². The van der Waals surface area contributed by atoms with E-state index in [1.54, 1.807) is 12.1 Å². The van der Waals surface area contributed by atoms with Gasteiger partial charge in [0.1, 0.15) is 23.1 Å². The highest BCUT2D eigenvalue weighted by Crippen LogP contribution is 2.34. The number of anilines is 2. The summed E-state index contributed by atoms with van der Waals surface area (Å²) in [7, 11) is -2.67. The number of benzene rings is 3. The maximum atomic E-state index is 13.9. The number of methoxy groups -OCH3 is 1. The zero-order valence-electron chi connectivity index (χ0n) is 16.4. The molecule has 9 heteroatoms. The van der Waals surface area contributed by atoms with Crippen LogP contribution in [-0.4, -0.2) is 28.0 Å². The van der Waals surface area contributed by atoms with Gasteiger partial charge >= 0.3 is 0 Å². The summed E-state index contributed by atoms with van der Waals surface area (Å²) in [5.41, 5.74) is 0.695. The van der Waals surface area contributed by atoms with Crippen molar-refractivity contribution in [3.8, 4) is 5.75 Å². The molecule has 6 nitrogen and oxygen atoms in total. The fraction of sp³-hybridized carbons (Fsp3) is 0.136. The van der Waals surface area contributed by atoms with Crippen LogP contribution in [0.25, 0.3) is 0 Å². The molecular weight excluding hydrogens is 426 g/mol. The predicted octanol–water partition coefficient (Wildman–Crippen LogP) is 3.98. The molecule has 0 fully saturated rings. The Balaban J connectivity index is 1.72. The van der Waals surface area contributed by atoms with Crippen molar-refractivity contribution in [3.63, 3.8) is 0 Å². The Morgan fingerprint density at radius 2 is 1.74 bits per heavy atom. The molecule has 0 bridgehead atoms. The molecule has 0 atom stereocenters. The number of carbonyl (C=O) groups is 1. The van der Waals surface area contributed by atoms with Crippen molar-refractivity contribution >= 4 is 27.3 Å². The van der Waals surface area contributed by atoms with Gasteiger partial charge in [-0.25, -0.2) is 17.2 Å². The molecule has 0 radical (unpaired) electrons. The number of nitrogens with one attached hydrogen (secondary N) is 1. The first kappa shape index (κ1) is 20.8. The largest absolute Gasteiger partial charge is 0.496 e. The summed E-state index contributed by atoms with van der Waals surface area (Å²) in [6.07, 6.45) is 0.575. The van der Waals surface area contributed by atoms with Gasteiger partial charge in [-0.15, -0.1) is 0 Å². The van der Waals surface area contributed by atoms with Gasteiger partial charge in [0.15, 0.2) is 0 Å². The highest BCUT2D eigenvalue weighted by molar-refractivity contribution is 7.92. The Morgan fingerprint density at radius 3 is 2.45 bits per heavy atom. The molecule has 1 N–H and O–H groups in total. The Labute approximate surface area is 178 Å². The van der Waals surface area contributed by atoms with E-state index < -0.39 is 33.3 Å². The SMILES string of the molecule is COc1ccc(S(=O)(=O)N2CCc3ccccc32)cc1C(=O)Nc1c(F)cccc1F. The normalized spacial score (nSPS) is 13.1. The number of carbonyl (C=O) groups excluding carboxylic acids is 1. The second kappa shape index (κ2) is 7.99. The summed E-state index contributed by atoms with van der Waals surface area (Å²) >= 11 is 0. The first-order valence-electron chi connectivity index (χ1n) is 9.37. The average molecular weight is 444 g/mol. The molecule has 0 aliphatic carbocycles. The third-order valence-corrected chi connectivity index (χ3v) is 6.86. The highest BCUT2D eigenvalue weighted by Gasteiger charge is 2.31. The van der Waals surface area contributed by atoms with Crippen LogP contribution < -0.4 is 14.4 Å². The van der Waals surface area contributed by atoms with Crippen LogP contribution in [0.1, 0.15) is 15.9 Å². The fourth-order valence-corrected chi connectivity index (χ4v) is 5.04. The van der Waals surface area contributed by atoms with E-state index in [1.165, 1.54) is 29.6 Å². The number of hydrogen-bond acceptors (Lipinski definition) is 4. The Hall–Kier alpha value is -3.46. The summed E-state index contributed by atoms with van der Waals surface area (Å²) in [6.45, 7) is 0.273. The summed E-state index contributed by atoms with van der Waals surface area (Å²) in [6, 6.07) is 14.2. The Bertz CT molecular complexity index is 1260. The number of rotatable bonds is 5. The number of halogens is 2. The zero-order chi connectivity index (χ0) is 22.2. The van der Waals surface area contributed by atoms with Crippen LogP contribution in [0.15, 0.2) is 65.6 Å². The van der Waals surface area contributed by atoms with E-state index in [0.717, 1.165) is 23.8 Å². The van der Waals surface area contributed by atoms with Crippen molar-refractivity contribution in [2.24, 2.45) is 0 Å². The molecule has 0 spiro atoms. The van der Waals surface area contributed by atoms with Crippen LogP contribution in [0.4, 0.5) is 20.2 Å². The molecule has 0 unspecified atom stereocenters. The molecule has 160 valence electrons. The standard InChI is InChI=1S/C22H18F2N2O4S/c1-30-20-10-9-15(31(28,29)26-12-11-14-5-2-3-8-19(14)26)13-16(20)22(27)25-21-17(23)6-4-7-18(21)24/h2-10,13H,11-12H2,1H3,(H,25,27). The highest BCUT2D eigenvalue weighted by atomic mass is 32.2. The van der Waals surface area contributed by atoms with Gasteiger partial charge in [0, 0.05) is 6.54 Å². The van der Waals surface area contributed by atoms with E-state index in [-0.39, 0.29) is 22.8 Å². The molecule has 1 aliphatic heterocycles. The number of nitrogens with zero attached hydrogens (tertiary/aromatic N) is 1. The van der Waals surface area contributed by atoms with Gasteiger partial charge in [-0.1, -0.05) is 24.3 Å². The first-order chi connectivity index (χ1) is 14.8. The third-order valence-electron chi connectivity index (χ3n) is 5.05. The second-order valence-corrected chi connectivity index (χ2v) is 8.73. The molecule has 31 heavy (non-hydrogen) atoms. The van der Waals surface area contributed by atoms with Crippen molar-refractivity contribution in [2.75, 3.05) is 23.3 Å². The van der Waals surface area contributed by atoms with E-state index >= 15 is 0 Å². The van der Waals surface area contributed by atoms with Gasteiger partial charge in [0.25, 0.3) is 15.9 Å². The van der Waals surface area contributed by atoms with Gasteiger partial charge in [-0.3, -0.25) is 9.10 Å². The summed E-state index contributed by atoms with van der Waals surface area (Å²) in [5.74, 6) is -2.75. The van der Waals surface area contributed by atoms with Crippen LogP contribution >= 0.6 is 0 Å². The van der Waals surface area contributed by atoms with Crippen molar-refractivity contribution in [1.29, 1.82) is 0 Å². The van der Waals surface area contributed by atoms with Crippen molar-refractivity contribution in [3.05, 3.63) is 83.4 Å². The number of para-hydroxylation sites is 2. The maximum absolute atomic E-state index is 13.9. The summed E-state index contributed by atoms with van der Waals surface area (Å²) in [4.78, 5) is 12.6. The minimum absolute atomic E-state index is 0.0648. The minimum Gasteiger partial charge on any atom is -0.496 e. The fourth-order valence-electron chi connectivity index (χ4n) is 3.51.